The Balaban J connectivity index is 1.41. The highest BCUT2D eigenvalue weighted by Crippen LogP contribution is 2.20. The molecule has 27 heavy (non-hydrogen) atoms. The van der Waals surface area contributed by atoms with E-state index in [1.807, 2.05) is 40.6 Å². The van der Waals surface area contributed by atoms with Gasteiger partial charge in [-0.1, -0.05) is 24.3 Å². The maximum absolute atomic E-state index is 13.1. The number of ether oxygens (including phenoxy) is 1. The van der Waals surface area contributed by atoms with Crippen molar-refractivity contribution in [2.24, 2.45) is 0 Å². The second kappa shape index (κ2) is 8.10. The normalized spacial score (nSPS) is 20.8. The van der Waals surface area contributed by atoms with Gasteiger partial charge < -0.3 is 19.4 Å². The van der Waals surface area contributed by atoms with E-state index in [1.165, 1.54) is 5.69 Å². The number of carbonyl (C=O) groups is 2. The van der Waals surface area contributed by atoms with Crippen LogP contribution in [-0.2, 0) is 20.9 Å². The van der Waals surface area contributed by atoms with Crippen molar-refractivity contribution in [1.82, 2.24) is 9.80 Å². The standard InChI is InChI=1S/C20H23N3O3S/c24-19-15-26-14-18(23(19)13-17-7-4-12-27-17)20(25)22-10-8-21(9-11-22)16-5-2-1-3-6-16/h1-7,12,18H,8-11,13-15H2/t18-/m1/s1. The molecule has 2 saturated heterocycles. The van der Waals surface area contributed by atoms with E-state index in [2.05, 4.69) is 17.0 Å². The number of para-hydroxylation sites is 1. The van der Waals surface area contributed by atoms with E-state index in [0.717, 1.165) is 18.0 Å². The predicted octanol–water partition coefficient (Wildman–Crippen LogP) is 1.82. The van der Waals surface area contributed by atoms with Gasteiger partial charge in [0.05, 0.1) is 13.2 Å². The smallest absolute Gasteiger partial charge is 0.249 e. The van der Waals surface area contributed by atoms with E-state index in [9.17, 15) is 9.59 Å². The largest absolute Gasteiger partial charge is 0.369 e. The number of thiophene rings is 1. The first kappa shape index (κ1) is 18.0. The first-order valence-electron chi connectivity index (χ1n) is 9.21. The Labute approximate surface area is 162 Å². The van der Waals surface area contributed by atoms with Crippen molar-refractivity contribution in [3.8, 4) is 0 Å². The number of morpholine rings is 1. The van der Waals surface area contributed by atoms with E-state index in [-0.39, 0.29) is 25.0 Å². The van der Waals surface area contributed by atoms with Crippen LogP contribution in [0.5, 0.6) is 0 Å². The SMILES string of the molecule is O=C([C@H]1COCC(=O)N1Cc1cccs1)N1CCN(c2ccccc2)CC1. The van der Waals surface area contributed by atoms with Crippen molar-refractivity contribution in [2.75, 3.05) is 44.3 Å². The van der Waals surface area contributed by atoms with Crippen molar-refractivity contribution >= 4 is 28.8 Å². The van der Waals surface area contributed by atoms with Crippen LogP contribution in [0.2, 0.25) is 0 Å². The van der Waals surface area contributed by atoms with Crippen molar-refractivity contribution in [3.05, 3.63) is 52.7 Å². The molecule has 2 aromatic rings. The van der Waals surface area contributed by atoms with Crippen LogP contribution < -0.4 is 4.90 Å². The minimum absolute atomic E-state index is 0.00711. The summed E-state index contributed by atoms with van der Waals surface area (Å²) in [5.74, 6) is -0.122. The maximum atomic E-state index is 13.1. The highest BCUT2D eigenvalue weighted by atomic mass is 32.1. The van der Waals surface area contributed by atoms with Crippen LogP contribution in [0.1, 0.15) is 4.88 Å². The van der Waals surface area contributed by atoms with Crippen molar-refractivity contribution in [2.45, 2.75) is 12.6 Å². The predicted molar refractivity (Wildman–Crippen MR) is 105 cm³/mol. The zero-order valence-electron chi connectivity index (χ0n) is 15.1. The second-order valence-electron chi connectivity index (χ2n) is 6.78. The highest BCUT2D eigenvalue weighted by Gasteiger charge is 2.37. The van der Waals surface area contributed by atoms with Gasteiger partial charge in [0.25, 0.3) is 0 Å². The Bertz CT molecular complexity index is 773. The molecule has 2 aliphatic rings. The van der Waals surface area contributed by atoms with Crippen LogP contribution in [0.25, 0.3) is 0 Å². The summed E-state index contributed by atoms with van der Waals surface area (Å²) in [6.45, 7) is 3.70. The number of hydrogen-bond donors (Lipinski definition) is 0. The van der Waals surface area contributed by atoms with Crippen LogP contribution >= 0.6 is 11.3 Å². The molecule has 7 heteroatoms. The summed E-state index contributed by atoms with van der Waals surface area (Å²) in [7, 11) is 0. The fourth-order valence-corrected chi connectivity index (χ4v) is 4.32. The molecule has 1 atom stereocenters. The third-order valence-corrected chi connectivity index (χ3v) is 5.96. The molecule has 0 radical (unpaired) electrons. The number of anilines is 1. The summed E-state index contributed by atoms with van der Waals surface area (Å²) < 4.78 is 5.40. The zero-order chi connectivity index (χ0) is 18.6. The first-order valence-corrected chi connectivity index (χ1v) is 10.1. The van der Waals surface area contributed by atoms with Gasteiger partial charge in [-0.25, -0.2) is 0 Å². The Morgan fingerprint density at radius 3 is 2.56 bits per heavy atom. The van der Waals surface area contributed by atoms with Gasteiger partial charge in [-0.3, -0.25) is 9.59 Å². The molecular weight excluding hydrogens is 362 g/mol. The van der Waals surface area contributed by atoms with E-state index in [4.69, 9.17) is 4.74 Å². The molecule has 0 saturated carbocycles. The van der Waals surface area contributed by atoms with Crippen molar-refractivity contribution in [1.29, 1.82) is 0 Å². The number of hydrogen-bond acceptors (Lipinski definition) is 5. The summed E-state index contributed by atoms with van der Waals surface area (Å²) in [5, 5.41) is 1.99. The van der Waals surface area contributed by atoms with Gasteiger partial charge >= 0.3 is 0 Å². The third kappa shape index (κ3) is 3.99. The van der Waals surface area contributed by atoms with Crippen LogP contribution in [0, 0.1) is 0 Å². The molecule has 2 amide bonds. The van der Waals surface area contributed by atoms with Gasteiger partial charge in [0.15, 0.2) is 0 Å². The molecule has 0 bridgehead atoms. The van der Waals surface area contributed by atoms with Crippen molar-refractivity contribution in [3.63, 3.8) is 0 Å². The molecule has 142 valence electrons. The summed E-state index contributed by atoms with van der Waals surface area (Å²) in [6, 6.07) is 13.7. The number of piperazine rings is 1. The molecule has 1 aromatic heterocycles. The summed E-state index contributed by atoms with van der Waals surface area (Å²) in [6.07, 6.45) is 0. The minimum atomic E-state index is -0.531. The molecule has 0 spiro atoms. The van der Waals surface area contributed by atoms with Crippen LogP contribution in [0.3, 0.4) is 0 Å². The van der Waals surface area contributed by atoms with E-state index < -0.39 is 6.04 Å². The minimum Gasteiger partial charge on any atom is -0.369 e. The fourth-order valence-electron chi connectivity index (χ4n) is 3.61. The number of amides is 2. The average molecular weight is 385 g/mol. The molecule has 0 unspecified atom stereocenters. The lowest BCUT2D eigenvalue weighted by molar-refractivity contribution is -0.160. The first-order chi connectivity index (χ1) is 13.2. The average Bonchev–Trinajstić information content (AvgIpc) is 3.23. The van der Waals surface area contributed by atoms with Gasteiger partial charge in [0.1, 0.15) is 12.6 Å². The molecule has 6 nitrogen and oxygen atoms in total. The lowest BCUT2D eigenvalue weighted by Crippen LogP contribution is -2.59. The molecule has 4 rings (SSSR count). The molecule has 2 fully saturated rings. The maximum Gasteiger partial charge on any atom is 0.249 e. The number of carbonyl (C=O) groups excluding carboxylic acids is 2. The highest BCUT2D eigenvalue weighted by molar-refractivity contribution is 7.09. The zero-order valence-corrected chi connectivity index (χ0v) is 15.9. The molecule has 0 aliphatic carbocycles. The van der Waals surface area contributed by atoms with Crippen molar-refractivity contribution < 1.29 is 14.3 Å². The number of rotatable bonds is 4. The Hall–Kier alpha value is -2.38. The summed E-state index contributed by atoms with van der Waals surface area (Å²) in [4.78, 5) is 32.4. The van der Waals surface area contributed by atoms with Gasteiger partial charge in [0, 0.05) is 36.7 Å². The third-order valence-electron chi connectivity index (χ3n) is 5.10. The Kier molecular flexibility index (Phi) is 5.40. The van der Waals surface area contributed by atoms with Crippen LogP contribution in [0.15, 0.2) is 47.8 Å². The molecular formula is C20H23N3O3S. The van der Waals surface area contributed by atoms with E-state index in [1.54, 1.807) is 16.2 Å². The van der Waals surface area contributed by atoms with Crippen LogP contribution in [-0.4, -0.2) is 67.0 Å². The molecule has 2 aliphatic heterocycles. The van der Waals surface area contributed by atoms with E-state index in [0.29, 0.717) is 19.6 Å². The Morgan fingerprint density at radius 1 is 1.07 bits per heavy atom. The monoisotopic (exact) mass is 385 g/mol. The lowest BCUT2D eigenvalue weighted by atomic mass is 10.1. The molecule has 3 heterocycles. The van der Waals surface area contributed by atoms with Gasteiger partial charge in [0.2, 0.25) is 11.8 Å². The number of benzene rings is 1. The summed E-state index contributed by atoms with van der Waals surface area (Å²) >= 11 is 1.60. The van der Waals surface area contributed by atoms with Gasteiger partial charge in [-0.15, -0.1) is 11.3 Å². The van der Waals surface area contributed by atoms with Gasteiger partial charge in [-0.2, -0.15) is 0 Å². The van der Waals surface area contributed by atoms with Crippen LogP contribution in [0.4, 0.5) is 5.69 Å². The Morgan fingerprint density at radius 2 is 1.85 bits per heavy atom. The second-order valence-corrected chi connectivity index (χ2v) is 7.81. The van der Waals surface area contributed by atoms with Gasteiger partial charge in [-0.05, 0) is 23.6 Å². The number of nitrogens with zero attached hydrogens (tertiary/aromatic N) is 3. The molecule has 1 aromatic carbocycles. The van der Waals surface area contributed by atoms with E-state index >= 15 is 0 Å². The quantitative estimate of drug-likeness (QED) is 0.806. The lowest BCUT2D eigenvalue weighted by Gasteiger charge is -2.41. The topological polar surface area (TPSA) is 53.1 Å². The summed E-state index contributed by atoms with van der Waals surface area (Å²) in [5.41, 5.74) is 1.18. The molecule has 0 N–H and O–H groups in total. The fraction of sp³-hybridized carbons (Fsp3) is 0.400.